The van der Waals surface area contributed by atoms with Gasteiger partial charge >= 0.3 is 0 Å². The van der Waals surface area contributed by atoms with Crippen LogP contribution < -0.4 is 10.2 Å². The number of quaternary nitrogens is 1. The van der Waals surface area contributed by atoms with E-state index in [4.69, 9.17) is 0 Å². The molecule has 0 saturated heterocycles. The van der Waals surface area contributed by atoms with E-state index in [2.05, 4.69) is 5.32 Å². The Balaban J connectivity index is 2.76. The van der Waals surface area contributed by atoms with Crippen LogP contribution in [0, 0.1) is 17.5 Å². The van der Waals surface area contributed by atoms with Crippen molar-refractivity contribution in [3.63, 3.8) is 0 Å². The lowest BCUT2D eigenvalue weighted by Gasteiger charge is -2.22. The number of hydrogen-bond acceptors (Lipinski definition) is 2. The molecule has 0 saturated carbocycles. The minimum Gasteiger partial charge on any atom is -0.344 e. The fourth-order valence-electron chi connectivity index (χ4n) is 1.64. The van der Waals surface area contributed by atoms with Crippen LogP contribution in [0.2, 0.25) is 0 Å². The Morgan fingerprint density at radius 3 is 2.36 bits per heavy atom. The van der Waals surface area contributed by atoms with E-state index in [0.717, 1.165) is 12.1 Å². The minimum absolute atomic E-state index is 0.0713. The molecule has 0 bridgehead atoms. The summed E-state index contributed by atoms with van der Waals surface area (Å²) in [6, 6.07) is 0.986. The van der Waals surface area contributed by atoms with Gasteiger partial charge in [0, 0.05) is 14.1 Å². The number of likely N-dealkylation sites (N-methyl/N-ethyl adjacent to an activating group) is 2. The lowest BCUT2D eigenvalue weighted by atomic mass is 10.2. The predicted octanol–water partition coefficient (Wildman–Crippen LogP) is 0.0338. The van der Waals surface area contributed by atoms with Crippen LogP contribution in [0.5, 0.6) is 0 Å². The van der Waals surface area contributed by atoms with Gasteiger partial charge in [-0.1, -0.05) is 0 Å². The van der Waals surface area contributed by atoms with Gasteiger partial charge in [-0.25, -0.2) is 13.2 Å². The number of hydrogen-bond donors (Lipinski definition) is 2. The summed E-state index contributed by atoms with van der Waals surface area (Å²) >= 11 is 0. The van der Waals surface area contributed by atoms with Gasteiger partial charge in [0.25, 0.3) is 11.8 Å². The topological polar surface area (TPSA) is 53.9 Å². The molecule has 0 aliphatic rings. The third kappa shape index (κ3) is 4.20. The molecule has 1 unspecified atom stereocenters. The molecule has 5 nitrogen and oxygen atoms in total. The third-order valence-electron chi connectivity index (χ3n) is 3.35. The maximum Gasteiger partial charge on any atom is 0.282 e. The summed E-state index contributed by atoms with van der Waals surface area (Å²) < 4.78 is 39.4. The first kappa shape index (κ1) is 18.0. The molecule has 22 heavy (non-hydrogen) atoms. The molecule has 2 atom stereocenters. The molecule has 1 aromatic carbocycles. The van der Waals surface area contributed by atoms with Crippen molar-refractivity contribution in [3.8, 4) is 0 Å². The zero-order chi connectivity index (χ0) is 17.0. The van der Waals surface area contributed by atoms with Crippen LogP contribution in [0.1, 0.15) is 6.92 Å². The number of carbonyl (C=O) groups excluding carboxylic acids is 2. The number of benzene rings is 1. The average Bonchev–Trinajstić information content (AvgIpc) is 2.46. The fraction of sp³-hybridized carbons (Fsp3) is 0.429. The SMILES string of the molecule is C[C@H](C(=O)Nc1ccc(F)c(F)c1F)[NH+](C)CC(=O)N(C)C. The summed E-state index contributed by atoms with van der Waals surface area (Å²) in [6.45, 7) is 1.62. The number of rotatable bonds is 5. The second kappa shape index (κ2) is 7.26. The first-order chi connectivity index (χ1) is 10.1. The molecule has 1 aromatic rings. The van der Waals surface area contributed by atoms with E-state index in [0.29, 0.717) is 4.90 Å². The van der Waals surface area contributed by atoms with Gasteiger partial charge in [-0.15, -0.1) is 0 Å². The quantitative estimate of drug-likeness (QED) is 0.753. The summed E-state index contributed by atoms with van der Waals surface area (Å²) in [5, 5.41) is 2.20. The van der Waals surface area contributed by atoms with Crippen molar-refractivity contribution < 1.29 is 27.7 Å². The van der Waals surface area contributed by atoms with Gasteiger partial charge in [0.1, 0.15) is 0 Å². The van der Waals surface area contributed by atoms with E-state index >= 15 is 0 Å². The van der Waals surface area contributed by atoms with Crippen molar-refractivity contribution in [1.82, 2.24) is 4.90 Å². The zero-order valence-corrected chi connectivity index (χ0v) is 12.8. The summed E-state index contributed by atoms with van der Waals surface area (Å²) in [5.41, 5.74) is -0.442. The van der Waals surface area contributed by atoms with Crippen molar-refractivity contribution in [3.05, 3.63) is 29.6 Å². The summed E-state index contributed by atoms with van der Waals surface area (Å²) in [4.78, 5) is 25.6. The Morgan fingerprint density at radius 1 is 1.23 bits per heavy atom. The molecular weight excluding hydrogens is 299 g/mol. The maximum atomic E-state index is 13.5. The highest BCUT2D eigenvalue weighted by Crippen LogP contribution is 2.19. The van der Waals surface area contributed by atoms with Gasteiger partial charge < -0.3 is 15.1 Å². The van der Waals surface area contributed by atoms with Gasteiger partial charge in [0.05, 0.1) is 12.7 Å². The molecule has 0 heterocycles. The van der Waals surface area contributed by atoms with Crippen LogP contribution >= 0.6 is 0 Å². The molecule has 0 aliphatic carbocycles. The fourth-order valence-corrected chi connectivity index (χ4v) is 1.64. The summed E-state index contributed by atoms with van der Waals surface area (Å²) in [7, 11) is 4.82. The lowest BCUT2D eigenvalue weighted by molar-refractivity contribution is -0.886. The number of carbonyl (C=O) groups is 2. The molecule has 0 aromatic heterocycles. The molecule has 2 N–H and O–H groups in total. The molecule has 122 valence electrons. The highest BCUT2D eigenvalue weighted by atomic mass is 19.2. The zero-order valence-electron chi connectivity index (χ0n) is 12.8. The molecule has 2 amide bonds. The Kier molecular flexibility index (Phi) is 5.92. The van der Waals surface area contributed by atoms with E-state index in [1.165, 1.54) is 4.90 Å². The monoisotopic (exact) mass is 318 g/mol. The first-order valence-corrected chi connectivity index (χ1v) is 6.62. The molecule has 0 spiro atoms. The van der Waals surface area contributed by atoms with Gasteiger partial charge in [-0.2, -0.15) is 0 Å². The van der Waals surface area contributed by atoms with Gasteiger partial charge in [0.2, 0.25) is 0 Å². The maximum absolute atomic E-state index is 13.5. The standard InChI is InChI=1S/C14H18F3N3O2/c1-8(20(4)7-11(21)19(2)3)14(22)18-10-6-5-9(15)12(16)13(10)17/h5-6,8H,7H2,1-4H3,(H,18,22)/p+1/t8-/m1/s1. The molecule has 0 radical (unpaired) electrons. The highest BCUT2D eigenvalue weighted by Gasteiger charge is 2.26. The highest BCUT2D eigenvalue weighted by molar-refractivity contribution is 5.93. The van der Waals surface area contributed by atoms with Crippen molar-refractivity contribution in [2.75, 3.05) is 33.0 Å². The van der Waals surface area contributed by atoms with Crippen molar-refractivity contribution in [2.24, 2.45) is 0 Å². The Labute approximate surface area is 126 Å². The number of nitrogens with zero attached hydrogens (tertiary/aromatic N) is 1. The van der Waals surface area contributed by atoms with Crippen LogP contribution in [-0.4, -0.2) is 50.4 Å². The van der Waals surface area contributed by atoms with Gasteiger partial charge in [-0.05, 0) is 19.1 Å². The first-order valence-electron chi connectivity index (χ1n) is 6.62. The third-order valence-corrected chi connectivity index (χ3v) is 3.35. The van der Waals surface area contributed by atoms with Crippen LogP contribution in [0.25, 0.3) is 0 Å². The van der Waals surface area contributed by atoms with E-state index in [9.17, 15) is 22.8 Å². The van der Waals surface area contributed by atoms with E-state index in [-0.39, 0.29) is 12.5 Å². The second-order valence-corrected chi connectivity index (χ2v) is 5.25. The number of anilines is 1. The van der Waals surface area contributed by atoms with Crippen LogP contribution in [-0.2, 0) is 9.59 Å². The number of halogens is 3. The lowest BCUT2D eigenvalue weighted by Crippen LogP contribution is -3.15. The van der Waals surface area contributed by atoms with Crippen LogP contribution in [0.15, 0.2) is 12.1 Å². The van der Waals surface area contributed by atoms with Crippen molar-refractivity contribution in [2.45, 2.75) is 13.0 Å². The number of amides is 2. The van der Waals surface area contributed by atoms with E-state index < -0.39 is 35.1 Å². The van der Waals surface area contributed by atoms with Crippen molar-refractivity contribution >= 4 is 17.5 Å². The summed E-state index contributed by atoms with van der Waals surface area (Å²) in [5.74, 6) is -5.20. The number of nitrogens with one attached hydrogen (secondary N) is 2. The Hall–Kier alpha value is -2.09. The van der Waals surface area contributed by atoms with Gasteiger partial charge in [-0.3, -0.25) is 9.59 Å². The van der Waals surface area contributed by atoms with E-state index in [1.54, 1.807) is 28.1 Å². The van der Waals surface area contributed by atoms with Crippen molar-refractivity contribution in [1.29, 1.82) is 0 Å². The average molecular weight is 318 g/mol. The molecule has 8 heteroatoms. The Bertz CT molecular complexity index is 579. The molecule has 1 rings (SSSR count). The molecule has 0 aliphatic heterocycles. The largest absolute Gasteiger partial charge is 0.344 e. The van der Waals surface area contributed by atoms with Gasteiger partial charge in [0.15, 0.2) is 30.0 Å². The van der Waals surface area contributed by atoms with Crippen LogP contribution in [0.3, 0.4) is 0 Å². The van der Waals surface area contributed by atoms with Crippen LogP contribution in [0.4, 0.5) is 18.9 Å². The second-order valence-electron chi connectivity index (χ2n) is 5.25. The normalized spacial score (nSPS) is 13.4. The Morgan fingerprint density at radius 2 is 1.82 bits per heavy atom. The predicted molar refractivity (Wildman–Crippen MR) is 74.9 cm³/mol. The van der Waals surface area contributed by atoms with E-state index in [1.807, 2.05) is 0 Å². The smallest absolute Gasteiger partial charge is 0.282 e. The minimum atomic E-state index is -1.64. The summed E-state index contributed by atoms with van der Waals surface area (Å²) in [6.07, 6.45) is 0. The molecule has 0 fully saturated rings. The molecular formula is C14H19F3N3O2+.